The van der Waals surface area contributed by atoms with Gasteiger partial charge in [-0.05, 0) is 42.5 Å². The number of benzene rings is 1. The molecule has 3 heteroatoms. The molecule has 0 bridgehead atoms. The van der Waals surface area contributed by atoms with Crippen LogP contribution in [-0.2, 0) is 6.54 Å². The molecule has 0 saturated heterocycles. The maximum Gasteiger partial charge on any atom is 0.131 e. The zero-order valence-electron chi connectivity index (χ0n) is 9.38. The third-order valence-electron chi connectivity index (χ3n) is 2.63. The van der Waals surface area contributed by atoms with E-state index in [0.29, 0.717) is 12.1 Å². The molecule has 0 amide bonds. The number of hydrogen-bond acceptors (Lipinski definition) is 2. The van der Waals surface area contributed by atoms with Crippen molar-refractivity contribution in [3.8, 4) is 11.1 Å². The van der Waals surface area contributed by atoms with Crippen LogP contribution in [0.3, 0.4) is 0 Å². The van der Waals surface area contributed by atoms with Gasteiger partial charge in [-0.1, -0.05) is 6.07 Å². The fourth-order valence-electron chi connectivity index (χ4n) is 1.98. The van der Waals surface area contributed by atoms with Gasteiger partial charge in [0, 0.05) is 22.5 Å². The van der Waals surface area contributed by atoms with Gasteiger partial charge in [0.25, 0.3) is 0 Å². The molecule has 0 aliphatic heterocycles. The summed E-state index contributed by atoms with van der Waals surface area (Å²) in [6.45, 7) is 4.29. The highest BCUT2D eigenvalue weighted by atomic mass is 32.1. The van der Waals surface area contributed by atoms with Gasteiger partial charge in [-0.2, -0.15) is 0 Å². The highest BCUT2D eigenvalue weighted by Gasteiger charge is 2.13. The monoisotopic (exact) mass is 235 g/mol. The van der Waals surface area contributed by atoms with Crippen LogP contribution in [-0.4, -0.2) is 0 Å². The smallest absolute Gasteiger partial charge is 0.131 e. The van der Waals surface area contributed by atoms with Gasteiger partial charge >= 0.3 is 0 Å². The quantitative estimate of drug-likeness (QED) is 0.845. The second-order valence-electron chi connectivity index (χ2n) is 3.90. The summed E-state index contributed by atoms with van der Waals surface area (Å²) in [5, 5.41) is 1.95. The number of rotatable bonds is 2. The van der Waals surface area contributed by atoms with Crippen LogP contribution >= 0.6 is 11.3 Å². The van der Waals surface area contributed by atoms with Crippen molar-refractivity contribution < 1.29 is 4.39 Å². The Morgan fingerprint density at radius 2 is 2.06 bits per heavy atom. The third-order valence-corrected chi connectivity index (χ3v) is 3.58. The Morgan fingerprint density at radius 3 is 2.69 bits per heavy atom. The summed E-state index contributed by atoms with van der Waals surface area (Å²) in [6.07, 6.45) is 0. The fourth-order valence-corrected chi connectivity index (χ4v) is 2.74. The second kappa shape index (κ2) is 4.36. The lowest BCUT2D eigenvalue weighted by Crippen LogP contribution is -1.97. The summed E-state index contributed by atoms with van der Waals surface area (Å²) in [5.41, 5.74) is 9.18. The van der Waals surface area contributed by atoms with Crippen LogP contribution < -0.4 is 5.73 Å². The Balaban J connectivity index is 2.64. The van der Waals surface area contributed by atoms with Gasteiger partial charge in [0.1, 0.15) is 5.82 Å². The van der Waals surface area contributed by atoms with Crippen molar-refractivity contribution in [2.45, 2.75) is 20.4 Å². The van der Waals surface area contributed by atoms with Crippen LogP contribution in [0.2, 0.25) is 0 Å². The summed E-state index contributed by atoms with van der Waals surface area (Å²) >= 11 is 1.57. The predicted octanol–water partition coefficient (Wildman–Crippen LogP) is 3.63. The lowest BCUT2D eigenvalue weighted by molar-refractivity contribution is 0.629. The van der Waals surface area contributed by atoms with Crippen LogP contribution in [0.15, 0.2) is 23.6 Å². The van der Waals surface area contributed by atoms with E-state index in [1.165, 1.54) is 0 Å². The number of halogens is 1. The SMILES string of the molecule is Cc1cc(C)c(-c2ccsc2CN)c(F)c1. The van der Waals surface area contributed by atoms with Crippen molar-refractivity contribution in [1.82, 2.24) is 0 Å². The highest BCUT2D eigenvalue weighted by Crippen LogP contribution is 2.33. The summed E-state index contributed by atoms with van der Waals surface area (Å²) in [7, 11) is 0. The topological polar surface area (TPSA) is 26.0 Å². The Bertz CT molecular complexity index is 493. The van der Waals surface area contributed by atoms with Crippen LogP contribution in [0.5, 0.6) is 0 Å². The molecule has 2 N–H and O–H groups in total. The Morgan fingerprint density at radius 1 is 1.31 bits per heavy atom. The highest BCUT2D eigenvalue weighted by molar-refractivity contribution is 7.10. The summed E-state index contributed by atoms with van der Waals surface area (Å²) in [6, 6.07) is 5.50. The molecule has 0 atom stereocenters. The summed E-state index contributed by atoms with van der Waals surface area (Å²) in [4.78, 5) is 1.03. The molecule has 1 aromatic carbocycles. The molecule has 0 aliphatic rings. The minimum absolute atomic E-state index is 0.161. The fraction of sp³-hybridized carbons (Fsp3) is 0.231. The average Bonchev–Trinajstić information content (AvgIpc) is 2.64. The van der Waals surface area contributed by atoms with Gasteiger partial charge in [-0.25, -0.2) is 4.39 Å². The van der Waals surface area contributed by atoms with Crippen molar-refractivity contribution in [3.63, 3.8) is 0 Å². The first-order valence-electron chi connectivity index (χ1n) is 5.17. The first kappa shape index (κ1) is 11.3. The molecule has 1 nitrogen and oxygen atoms in total. The van der Waals surface area contributed by atoms with Gasteiger partial charge in [-0.3, -0.25) is 0 Å². The Labute approximate surface area is 98.7 Å². The first-order chi connectivity index (χ1) is 7.63. The zero-order chi connectivity index (χ0) is 11.7. The van der Waals surface area contributed by atoms with Gasteiger partial charge in [0.15, 0.2) is 0 Å². The molecule has 0 radical (unpaired) electrons. The van der Waals surface area contributed by atoms with Crippen molar-refractivity contribution in [2.75, 3.05) is 0 Å². The normalized spacial score (nSPS) is 10.8. The van der Waals surface area contributed by atoms with Crippen molar-refractivity contribution >= 4 is 11.3 Å². The van der Waals surface area contributed by atoms with E-state index in [9.17, 15) is 4.39 Å². The van der Waals surface area contributed by atoms with Crippen molar-refractivity contribution in [2.24, 2.45) is 5.73 Å². The Hall–Kier alpha value is -1.19. The lowest BCUT2D eigenvalue weighted by Gasteiger charge is -2.09. The second-order valence-corrected chi connectivity index (χ2v) is 4.90. The number of thiophene rings is 1. The van der Waals surface area contributed by atoms with Gasteiger partial charge < -0.3 is 5.73 Å². The third kappa shape index (κ3) is 1.88. The molecule has 0 aliphatic carbocycles. The van der Waals surface area contributed by atoms with Crippen LogP contribution in [0.1, 0.15) is 16.0 Å². The van der Waals surface area contributed by atoms with Gasteiger partial charge in [0.05, 0.1) is 0 Å². The maximum absolute atomic E-state index is 14.0. The molecule has 2 rings (SSSR count). The summed E-state index contributed by atoms with van der Waals surface area (Å²) in [5.74, 6) is -0.161. The van der Waals surface area contributed by atoms with E-state index in [0.717, 1.165) is 21.6 Å². The largest absolute Gasteiger partial charge is 0.326 e. The van der Waals surface area contributed by atoms with E-state index < -0.39 is 0 Å². The molecular weight excluding hydrogens is 221 g/mol. The lowest BCUT2D eigenvalue weighted by atomic mass is 9.98. The van der Waals surface area contributed by atoms with E-state index in [4.69, 9.17) is 5.73 Å². The van der Waals surface area contributed by atoms with Gasteiger partial charge in [-0.15, -0.1) is 11.3 Å². The molecule has 0 saturated carbocycles. The van der Waals surface area contributed by atoms with Crippen LogP contribution in [0.25, 0.3) is 11.1 Å². The van der Waals surface area contributed by atoms with E-state index in [2.05, 4.69) is 0 Å². The van der Waals surface area contributed by atoms with E-state index in [1.807, 2.05) is 31.4 Å². The van der Waals surface area contributed by atoms with Crippen molar-refractivity contribution in [3.05, 3.63) is 45.4 Å². The number of aryl methyl sites for hydroxylation is 2. The molecule has 1 heterocycles. The number of hydrogen-bond donors (Lipinski definition) is 1. The molecule has 0 unspecified atom stereocenters. The average molecular weight is 235 g/mol. The molecular formula is C13H14FNS. The van der Waals surface area contributed by atoms with Crippen LogP contribution in [0, 0.1) is 19.7 Å². The molecule has 0 spiro atoms. The van der Waals surface area contributed by atoms with Crippen molar-refractivity contribution in [1.29, 1.82) is 0 Å². The molecule has 84 valence electrons. The minimum atomic E-state index is -0.161. The molecule has 2 aromatic rings. The Kier molecular flexibility index (Phi) is 3.08. The van der Waals surface area contributed by atoms with E-state index in [1.54, 1.807) is 17.4 Å². The predicted molar refractivity (Wildman–Crippen MR) is 67.1 cm³/mol. The minimum Gasteiger partial charge on any atom is -0.326 e. The summed E-state index contributed by atoms with van der Waals surface area (Å²) < 4.78 is 14.0. The maximum atomic E-state index is 14.0. The first-order valence-corrected chi connectivity index (χ1v) is 6.05. The molecule has 0 fully saturated rings. The number of nitrogens with two attached hydrogens (primary N) is 1. The molecule has 16 heavy (non-hydrogen) atoms. The molecule has 1 aromatic heterocycles. The zero-order valence-corrected chi connectivity index (χ0v) is 10.2. The van der Waals surface area contributed by atoms with E-state index in [-0.39, 0.29) is 5.82 Å². The van der Waals surface area contributed by atoms with Gasteiger partial charge in [0.2, 0.25) is 0 Å². The van der Waals surface area contributed by atoms with E-state index >= 15 is 0 Å². The standard InChI is InChI=1S/C13H14FNS/c1-8-5-9(2)13(11(14)6-8)10-3-4-16-12(10)7-15/h3-6H,7,15H2,1-2H3. The van der Waals surface area contributed by atoms with Crippen LogP contribution in [0.4, 0.5) is 4.39 Å².